The third kappa shape index (κ3) is 3.60. The van der Waals surface area contributed by atoms with E-state index in [1.165, 1.54) is 5.57 Å². The number of carbonyl (C=O) groups excluding carboxylic acids is 1. The van der Waals surface area contributed by atoms with Crippen molar-refractivity contribution in [3.8, 4) is 0 Å². The largest absolute Gasteiger partial charge is 0.377 e. The number of allylic oxidation sites excluding steroid dienone is 1. The molecule has 0 bridgehead atoms. The minimum atomic E-state index is -0.728. The number of ether oxygens (including phenoxy) is 3. The Kier molecular flexibility index (Phi) is 5.32. The SMILES string of the molecule is CO[C@@H]1/C(=C\CC(=O)N(C)C)CC[C@]2(CO2)[C@H]1[C@@]1(N)O[C@@H]1CC=C(C)C. The Morgan fingerprint density at radius 3 is 2.65 bits per heavy atom. The lowest BCUT2D eigenvalue weighted by Crippen LogP contribution is -2.54. The lowest BCUT2D eigenvalue weighted by atomic mass is 9.69. The monoisotopic (exact) mass is 364 g/mol. The van der Waals surface area contributed by atoms with Crippen LogP contribution in [0.15, 0.2) is 23.3 Å². The van der Waals surface area contributed by atoms with Crippen LogP contribution in [0, 0.1) is 5.92 Å². The second-order valence-corrected chi connectivity index (χ2v) is 8.24. The third-order valence-corrected chi connectivity index (χ3v) is 5.90. The highest BCUT2D eigenvalue weighted by atomic mass is 16.6. The number of hydrogen-bond donors (Lipinski definition) is 1. The van der Waals surface area contributed by atoms with Crippen LogP contribution in [0.25, 0.3) is 0 Å². The summed E-state index contributed by atoms with van der Waals surface area (Å²) in [6, 6.07) is 0. The van der Waals surface area contributed by atoms with Crippen LogP contribution in [0.4, 0.5) is 0 Å². The van der Waals surface area contributed by atoms with Gasteiger partial charge in [-0.05, 0) is 38.7 Å². The van der Waals surface area contributed by atoms with Crippen LogP contribution < -0.4 is 5.73 Å². The van der Waals surface area contributed by atoms with E-state index in [0.717, 1.165) is 24.8 Å². The van der Waals surface area contributed by atoms with Crippen molar-refractivity contribution < 1.29 is 19.0 Å². The summed E-state index contributed by atoms with van der Waals surface area (Å²) in [5, 5.41) is 0. The molecule has 2 N–H and O–H groups in total. The van der Waals surface area contributed by atoms with Gasteiger partial charge in [-0.1, -0.05) is 17.7 Å². The Balaban J connectivity index is 1.79. The summed E-state index contributed by atoms with van der Waals surface area (Å²) in [4.78, 5) is 13.6. The number of nitrogens with two attached hydrogens (primary N) is 1. The van der Waals surface area contributed by atoms with Gasteiger partial charge in [0.25, 0.3) is 0 Å². The van der Waals surface area contributed by atoms with Gasteiger partial charge in [0.05, 0.1) is 18.6 Å². The van der Waals surface area contributed by atoms with Crippen LogP contribution in [0.1, 0.15) is 39.5 Å². The van der Waals surface area contributed by atoms with E-state index in [4.69, 9.17) is 19.9 Å². The molecule has 0 aromatic rings. The predicted molar refractivity (Wildman–Crippen MR) is 99.4 cm³/mol. The Morgan fingerprint density at radius 1 is 1.42 bits per heavy atom. The van der Waals surface area contributed by atoms with E-state index >= 15 is 0 Å². The van der Waals surface area contributed by atoms with Gasteiger partial charge in [0, 0.05) is 27.6 Å². The molecule has 0 radical (unpaired) electrons. The number of carbonyl (C=O) groups is 1. The van der Waals surface area contributed by atoms with Crippen molar-refractivity contribution >= 4 is 5.91 Å². The fourth-order valence-corrected chi connectivity index (χ4v) is 4.18. The summed E-state index contributed by atoms with van der Waals surface area (Å²) in [5.74, 6) is 0.0310. The van der Waals surface area contributed by atoms with E-state index < -0.39 is 5.72 Å². The smallest absolute Gasteiger partial charge is 0.225 e. The summed E-state index contributed by atoms with van der Waals surface area (Å²) < 4.78 is 17.7. The van der Waals surface area contributed by atoms with E-state index in [0.29, 0.717) is 13.0 Å². The van der Waals surface area contributed by atoms with Gasteiger partial charge in [-0.2, -0.15) is 0 Å². The lowest BCUT2D eigenvalue weighted by Gasteiger charge is -2.40. The zero-order valence-electron chi connectivity index (χ0n) is 16.6. The maximum atomic E-state index is 12.0. The molecule has 26 heavy (non-hydrogen) atoms. The molecule has 1 amide bonds. The zero-order valence-corrected chi connectivity index (χ0v) is 16.6. The first-order chi connectivity index (χ1) is 12.2. The first-order valence-corrected chi connectivity index (χ1v) is 9.39. The van der Waals surface area contributed by atoms with Crippen molar-refractivity contribution in [2.75, 3.05) is 27.8 Å². The predicted octanol–water partition coefficient (Wildman–Crippen LogP) is 2.00. The molecule has 5 atom stereocenters. The number of epoxide rings is 2. The summed E-state index contributed by atoms with van der Waals surface area (Å²) in [5.41, 5.74) is 8.11. The van der Waals surface area contributed by atoms with Crippen LogP contribution in [-0.4, -0.2) is 62.2 Å². The van der Waals surface area contributed by atoms with Gasteiger partial charge in [-0.15, -0.1) is 0 Å². The van der Waals surface area contributed by atoms with Gasteiger partial charge in [-0.3, -0.25) is 4.79 Å². The van der Waals surface area contributed by atoms with Gasteiger partial charge in [0.15, 0.2) is 5.72 Å². The Hall–Kier alpha value is -1.21. The van der Waals surface area contributed by atoms with Gasteiger partial charge in [0.2, 0.25) is 5.91 Å². The summed E-state index contributed by atoms with van der Waals surface area (Å²) >= 11 is 0. The molecule has 2 aliphatic heterocycles. The maximum Gasteiger partial charge on any atom is 0.225 e. The molecule has 146 valence electrons. The standard InChI is InChI=1S/C20H32N2O4/c1-13(2)6-8-15-20(21,26-15)18-17(24-5)14(7-9-16(23)22(3)4)10-11-19(18)12-25-19/h6-7,15,17-18H,8-12,21H2,1-5H3/b14-7-/t15-,17-,18+,19+,20+/m1/s1. The molecule has 3 aliphatic rings. The first-order valence-electron chi connectivity index (χ1n) is 9.39. The number of rotatable bonds is 6. The summed E-state index contributed by atoms with van der Waals surface area (Å²) in [6.45, 7) is 4.86. The second-order valence-electron chi connectivity index (χ2n) is 8.24. The van der Waals surface area contributed by atoms with Crippen LogP contribution in [0.3, 0.4) is 0 Å². The van der Waals surface area contributed by atoms with Crippen molar-refractivity contribution in [3.63, 3.8) is 0 Å². The minimum Gasteiger partial charge on any atom is -0.377 e. The minimum absolute atomic E-state index is 0.0103. The fraction of sp³-hybridized carbons (Fsp3) is 0.750. The maximum absolute atomic E-state index is 12.0. The fourth-order valence-electron chi connectivity index (χ4n) is 4.18. The third-order valence-electron chi connectivity index (χ3n) is 5.90. The number of amides is 1. The van der Waals surface area contributed by atoms with Crippen molar-refractivity contribution in [2.24, 2.45) is 11.7 Å². The molecule has 2 heterocycles. The van der Waals surface area contributed by atoms with Crippen LogP contribution >= 0.6 is 0 Å². The molecule has 0 aromatic carbocycles. The normalized spacial score (nSPS) is 39.8. The average Bonchev–Trinajstić information content (AvgIpc) is 3.49. The van der Waals surface area contributed by atoms with Gasteiger partial charge < -0.3 is 24.8 Å². The van der Waals surface area contributed by atoms with E-state index in [-0.39, 0.29) is 29.6 Å². The van der Waals surface area contributed by atoms with Crippen LogP contribution in [0.2, 0.25) is 0 Å². The second kappa shape index (κ2) is 7.08. The van der Waals surface area contributed by atoms with Gasteiger partial charge >= 0.3 is 0 Å². The van der Waals surface area contributed by atoms with E-state index in [1.54, 1.807) is 26.1 Å². The molecule has 3 fully saturated rings. The van der Waals surface area contributed by atoms with Crippen molar-refractivity contribution in [2.45, 2.75) is 63.1 Å². The van der Waals surface area contributed by atoms with Crippen molar-refractivity contribution in [1.29, 1.82) is 0 Å². The number of hydrogen-bond acceptors (Lipinski definition) is 5. The molecule has 6 nitrogen and oxygen atoms in total. The molecular weight excluding hydrogens is 332 g/mol. The molecule has 1 aliphatic carbocycles. The average molecular weight is 364 g/mol. The molecule has 6 heteroatoms. The Labute approximate surface area is 156 Å². The quantitative estimate of drug-likeness (QED) is 0.576. The molecule has 3 rings (SSSR count). The van der Waals surface area contributed by atoms with Gasteiger partial charge in [-0.25, -0.2) is 0 Å². The van der Waals surface area contributed by atoms with Crippen LogP contribution in [0.5, 0.6) is 0 Å². The molecule has 1 saturated carbocycles. The highest BCUT2D eigenvalue weighted by Crippen LogP contribution is 2.58. The van der Waals surface area contributed by atoms with E-state index in [2.05, 4.69) is 19.9 Å². The van der Waals surface area contributed by atoms with Gasteiger partial charge in [0.1, 0.15) is 11.7 Å². The zero-order chi connectivity index (χ0) is 19.1. The molecular formula is C20H32N2O4. The number of nitrogens with zero attached hydrogens (tertiary/aromatic N) is 1. The van der Waals surface area contributed by atoms with Crippen molar-refractivity contribution in [3.05, 3.63) is 23.3 Å². The molecule has 0 aromatic heterocycles. The Morgan fingerprint density at radius 2 is 2.12 bits per heavy atom. The summed E-state index contributed by atoms with van der Waals surface area (Å²) in [7, 11) is 5.25. The summed E-state index contributed by atoms with van der Waals surface area (Å²) in [6.07, 6.45) is 6.93. The topological polar surface area (TPSA) is 80.6 Å². The molecule has 0 unspecified atom stereocenters. The van der Waals surface area contributed by atoms with Crippen molar-refractivity contribution in [1.82, 2.24) is 4.90 Å². The lowest BCUT2D eigenvalue weighted by molar-refractivity contribution is -0.127. The van der Waals surface area contributed by atoms with Crippen LogP contribution in [-0.2, 0) is 19.0 Å². The Bertz CT molecular complexity index is 619. The van der Waals surface area contributed by atoms with E-state index in [1.807, 2.05) is 6.08 Å². The highest BCUT2D eigenvalue weighted by Gasteiger charge is 2.71. The molecule has 1 spiro atoms. The highest BCUT2D eigenvalue weighted by molar-refractivity contribution is 5.77. The number of methoxy groups -OCH3 is 1. The molecule has 2 saturated heterocycles. The first kappa shape index (κ1) is 19.5. The van der Waals surface area contributed by atoms with E-state index in [9.17, 15) is 4.79 Å².